The van der Waals surface area contributed by atoms with Crippen LogP contribution in [0.1, 0.15) is 15.9 Å². The van der Waals surface area contributed by atoms with Crippen LogP contribution in [0.5, 0.6) is 0 Å². The molecule has 0 bridgehead atoms. The third-order valence-electron chi connectivity index (χ3n) is 3.67. The van der Waals surface area contributed by atoms with Crippen molar-refractivity contribution in [1.82, 2.24) is 10.2 Å². The summed E-state index contributed by atoms with van der Waals surface area (Å²) in [5.74, 6) is -2.00. The highest BCUT2D eigenvalue weighted by Gasteiger charge is 2.15. The molecule has 0 saturated carbocycles. The van der Waals surface area contributed by atoms with E-state index in [1.54, 1.807) is 0 Å². The highest BCUT2D eigenvalue weighted by atomic mass is 19.1. The molecule has 1 unspecified atom stereocenters. The highest BCUT2D eigenvalue weighted by molar-refractivity contribution is 5.94. The Kier molecular flexibility index (Phi) is 5.82. The van der Waals surface area contributed by atoms with Gasteiger partial charge in [0.1, 0.15) is 11.6 Å². The van der Waals surface area contributed by atoms with Crippen molar-refractivity contribution in [1.29, 1.82) is 0 Å². The summed E-state index contributed by atoms with van der Waals surface area (Å²) in [6.07, 6.45) is 0.769. The Hall–Kier alpha value is -2.27. The molecule has 23 heavy (non-hydrogen) atoms. The molecule has 2 rings (SSSR count). The number of benzene rings is 2. The summed E-state index contributed by atoms with van der Waals surface area (Å²) in [7, 11) is 3.86. The summed E-state index contributed by atoms with van der Waals surface area (Å²) >= 11 is 0. The Morgan fingerprint density at radius 2 is 1.70 bits per heavy atom. The maximum atomic E-state index is 13.2. The van der Waals surface area contributed by atoms with Crippen molar-refractivity contribution in [2.45, 2.75) is 12.5 Å². The van der Waals surface area contributed by atoms with E-state index in [4.69, 9.17) is 0 Å². The van der Waals surface area contributed by atoms with E-state index in [-0.39, 0.29) is 11.6 Å². The second-order valence-corrected chi connectivity index (χ2v) is 5.68. The van der Waals surface area contributed by atoms with Gasteiger partial charge in [0.05, 0.1) is 0 Å². The van der Waals surface area contributed by atoms with Crippen molar-refractivity contribution in [3.05, 3.63) is 71.3 Å². The average molecular weight is 318 g/mol. The van der Waals surface area contributed by atoms with Crippen LogP contribution in [0.4, 0.5) is 8.78 Å². The number of carbonyl (C=O) groups is 1. The van der Waals surface area contributed by atoms with Crippen LogP contribution in [0.2, 0.25) is 0 Å². The summed E-state index contributed by atoms with van der Waals surface area (Å²) in [5.41, 5.74) is 1.15. The highest BCUT2D eigenvalue weighted by Crippen LogP contribution is 2.09. The Morgan fingerprint density at radius 3 is 2.26 bits per heavy atom. The van der Waals surface area contributed by atoms with E-state index in [0.29, 0.717) is 6.54 Å². The van der Waals surface area contributed by atoms with E-state index >= 15 is 0 Å². The maximum Gasteiger partial charge on any atom is 0.251 e. The standard InChI is InChI=1S/C18H20F2N2O/c1-22(2)17(8-13-6-4-3-5-7-13)12-21-18(23)14-9-15(19)11-16(20)10-14/h3-7,9-11,17H,8,12H2,1-2H3,(H,21,23). The number of nitrogens with one attached hydrogen (secondary N) is 1. The van der Waals surface area contributed by atoms with E-state index in [9.17, 15) is 13.6 Å². The van der Waals surface area contributed by atoms with Gasteiger partial charge in [-0.15, -0.1) is 0 Å². The SMILES string of the molecule is CN(C)C(CNC(=O)c1cc(F)cc(F)c1)Cc1ccccc1. The molecule has 3 nitrogen and oxygen atoms in total. The lowest BCUT2D eigenvalue weighted by Crippen LogP contribution is -2.41. The number of halogens is 2. The maximum absolute atomic E-state index is 13.2. The zero-order valence-corrected chi connectivity index (χ0v) is 13.2. The van der Waals surface area contributed by atoms with E-state index in [1.165, 1.54) is 0 Å². The number of nitrogens with zero attached hydrogens (tertiary/aromatic N) is 1. The zero-order chi connectivity index (χ0) is 16.8. The lowest BCUT2D eigenvalue weighted by Gasteiger charge is -2.24. The van der Waals surface area contributed by atoms with Crippen LogP contribution >= 0.6 is 0 Å². The van der Waals surface area contributed by atoms with Crippen molar-refractivity contribution in [2.24, 2.45) is 0 Å². The lowest BCUT2D eigenvalue weighted by molar-refractivity contribution is 0.0940. The first kappa shape index (κ1) is 17.1. The minimum absolute atomic E-state index is 0.0142. The van der Waals surface area contributed by atoms with Crippen LogP contribution in [0, 0.1) is 11.6 Å². The molecule has 1 atom stereocenters. The molecule has 0 aliphatic heterocycles. The molecule has 1 amide bonds. The molecule has 5 heteroatoms. The number of hydrogen-bond donors (Lipinski definition) is 1. The molecule has 0 aliphatic carbocycles. The third-order valence-corrected chi connectivity index (χ3v) is 3.67. The van der Waals surface area contributed by atoms with Gasteiger partial charge in [-0.1, -0.05) is 30.3 Å². The van der Waals surface area contributed by atoms with Crippen molar-refractivity contribution < 1.29 is 13.6 Å². The van der Waals surface area contributed by atoms with Gasteiger partial charge >= 0.3 is 0 Å². The molecule has 0 fully saturated rings. The number of hydrogen-bond acceptors (Lipinski definition) is 2. The molecular weight excluding hydrogens is 298 g/mol. The smallest absolute Gasteiger partial charge is 0.251 e. The Labute approximate surface area is 134 Å². The molecular formula is C18H20F2N2O. The molecule has 122 valence electrons. The van der Waals surface area contributed by atoms with E-state index < -0.39 is 17.5 Å². The van der Waals surface area contributed by atoms with Gasteiger partial charge < -0.3 is 10.2 Å². The average Bonchev–Trinajstić information content (AvgIpc) is 2.50. The topological polar surface area (TPSA) is 32.3 Å². The molecule has 2 aromatic carbocycles. The summed E-state index contributed by atoms with van der Waals surface area (Å²) in [4.78, 5) is 14.1. The lowest BCUT2D eigenvalue weighted by atomic mass is 10.0. The van der Waals surface area contributed by atoms with Gasteiger partial charge in [-0.2, -0.15) is 0 Å². The fourth-order valence-corrected chi connectivity index (χ4v) is 2.32. The number of rotatable bonds is 6. The van der Waals surface area contributed by atoms with Gasteiger partial charge in [-0.05, 0) is 38.2 Å². The van der Waals surface area contributed by atoms with Crippen molar-refractivity contribution >= 4 is 5.91 Å². The van der Waals surface area contributed by atoms with Gasteiger partial charge in [0.25, 0.3) is 5.91 Å². The van der Waals surface area contributed by atoms with Crippen molar-refractivity contribution in [3.63, 3.8) is 0 Å². The predicted molar refractivity (Wildman–Crippen MR) is 86.3 cm³/mol. The molecule has 0 heterocycles. The third kappa shape index (κ3) is 5.14. The second-order valence-electron chi connectivity index (χ2n) is 5.68. The summed E-state index contributed by atoms with van der Waals surface area (Å²) in [6, 6.07) is 12.8. The molecule has 0 saturated heterocycles. The molecule has 0 aromatic heterocycles. The number of carbonyl (C=O) groups excluding carboxylic acids is 1. The molecule has 0 aliphatic rings. The van der Waals surface area contributed by atoms with E-state index in [1.807, 2.05) is 49.3 Å². The van der Waals surface area contributed by atoms with Gasteiger partial charge in [-0.3, -0.25) is 4.79 Å². The van der Waals surface area contributed by atoms with Crippen LogP contribution < -0.4 is 5.32 Å². The van der Waals surface area contributed by atoms with E-state index in [2.05, 4.69) is 5.32 Å². The van der Waals surface area contributed by atoms with Gasteiger partial charge in [-0.25, -0.2) is 8.78 Å². The van der Waals surface area contributed by atoms with Crippen molar-refractivity contribution in [3.8, 4) is 0 Å². The second kappa shape index (κ2) is 7.83. The number of amides is 1. The van der Waals surface area contributed by atoms with Gasteiger partial charge in [0, 0.05) is 24.2 Å². The summed E-state index contributed by atoms with van der Waals surface area (Å²) in [5, 5.41) is 2.74. The minimum atomic E-state index is -0.761. The Morgan fingerprint density at radius 1 is 1.09 bits per heavy atom. The first-order valence-electron chi connectivity index (χ1n) is 7.40. The Bertz CT molecular complexity index is 639. The molecule has 0 spiro atoms. The fraction of sp³-hybridized carbons (Fsp3) is 0.278. The molecule has 2 aromatic rings. The quantitative estimate of drug-likeness (QED) is 0.888. The first-order chi connectivity index (χ1) is 11.0. The van der Waals surface area contributed by atoms with Crippen LogP contribution in [-0.2, 0) is 6.42 Å². The van der Waals surface area contributed by atoms with Crippen LogP contribution in [0.3, 0.4) is 0 Å². The van der Waals surface area contributed by atoms with Gasteiger partial charge in [0.15, 0.2) is 0 Å². The molecule has 1 N–H and O–H groups in total. The van der Waals surface area contributed by atoms with E-state index in [0.717, 1.165) is 30.2 Å². The monoisotopic (exact) mass is 318 g/mol. The predicted octanol–water partition coefficient (Wildman–Crippen LogP) is 2.87. The van der Waals surface area contributed by atoms with Crippen LogP contribution in [-0.4, -0.2) is 37.5 Å². The zero-order valence-electron chi connectivity index (χ0n) is 13.2. The summed E-state index contributed by atoms with van der Waals surface area (Å²) in [6.45, 7) is 0.388. The first-order valence-corrected chi connectivity index (χ1v) is 7.40. The number of likely N-dealkylation sites (N-methyl/N-ethyl adjacent to an activating group) is 1. The van der Waals surface area contributed by atoms with Crippen LogP contribution in [0.25, 0.3) is 0 Å². The largest absolute Gasteiger partial charge is 0.350 e. The van der Waals surface area contributed by atoms with Crippen molar-refractivity contribution in [2.75, 3.05) is 20.6 Å². The fourth-order valence-electron chi connectivity index (χ4n) is 2.32. The van der Waals surface area contributed by atoms with Gasteiger partial charge in [0.2, 0.25) is 0 Å². The Balaban J connectivity index is 1.99. The van der Waals surface area contributed by atoms with Crippen LogP contribution in [0.15, 0.2) is 48.5 Å². The molecule has 0 radical (unpaired) electrons. The minimum Gasteiger partial charge on any atom is -0.350 e. The normalized spacial score (nSPS) is 12.2. The summed E-state index contributed by atoms with van der Waals surface area (Å²) < 4.78 is 26.3.